The van der Waals surface area contributed by atoms with Crippen molar-refractivity contribution in [3.63, 3.8) is 0 Å². The molecule has 0 unspecified atom stereocenters. The van der Waals surface area contributed by atoms with Gasteiger partial charge in [0.05, 0.1) is 10.6 Å². The molecule has 1 aliphatic rings. The number of nitrogens with zero attached hydrogens (tertiary/aromatic N) is 2. The molecule has 0 amide bonds. The molecule has 5 nitrogen and oxygen atoms in total. The van der Waals surface area contributed by atoms with Gasteiger partial charge in [-0.05, 0) is 41.8 Å². The second kappa shape index (κ2) is 5.67. The predicted molar refractivity (Wildman–Crippen MR) is 74.6 cm³/mol. The number of nitro groups is 1. The van der Waals surface area contributed by atoms with E-state index in [9.17, 15) is 10.1 Å². The van der Waals surface area contributed by atoms with E-state index in [2.05, 4.69) is 26.4 Å². The molecule has 0 bridgehead atoms. The molecule has 0 aromatic heterocycles. The topological polar surface area (TPSA) is 58.4 Å². The van der Waals surface area contributed by atoms with Crippen LogP contribution in [0.2, 0.25) is 0 Å². The molecule has 0 atom stereocenters. The fourth-order valence-corrected chi connectivity index (χ4v) is 2.55. The molecule has 2 rings (SSSR count). The number of piperidine rings is 1. The summed E-state index contributed by atoms with van der Waals surface area (Å²) in [5.74, 6) is 0. The van der Waals surface area contributed by atoms with Crippen LogP contribution in [0.15, 0.2) is 16.6 Å². The van der Waals surface area contributed by atoms with E-state index in [1.807, 2.05) is 6.07 Å². The fraction of sp³-hybridized carbons (Fsp3) is 0.500. The number of nitrogens with one attached hydrogen (secondary N) is 1. The highest BCUT2D eigenvalue weighted by atomic mass is 79.9. The zero-order chi connectivity index (χ0) is 13.1. The Balaban J connectivity index is 2.18. The average molecular weight is 314 g/mol. The summed E-state index contributed by atoms with van der Waals surface area (Å²) in [4.78, 5) is 10.5. The van der Waals surface area contributed by atoms with E-state index < -0.39 is 0 Å². The van der Waals surface area contributed by atoms with Crippen molar-refractivity contribution in [3.05, 3.63) is 32.3 Å². The van der Waals surface area contributed by atoms with Gasteiger partial charge in [0.25, 0.3) is 5.69 Å². The minimum absolute atomic E-state index is 0.145. The number of hydrogen-bond acceptors (Lipinski definition) is 4. The predicted octanol–water partition coefficient (Wildman–Crippen LogP) is 3.48. The SMILES string of the molecule is Cc1cc(NN2CCCCC2)c(Br)cc1[N+](=O)[O-]. The molecule has 0 spiro atoms. The quantitative estimate of drug-likeness (QED) is 0.685. The molecular formula is C12H16BrN3O2. The highest BCUT2D eigenvalue weighted by Gasteiger charge is 2.16. The molecule has 0 radical (unpaired) electrons. The number of aryl methyl sites for hydroxylation is 1. The van der Waals surface area contributed by atoms with Gasteiger partial charge in [0.1, 0.15) is 0 Å². The van der Waals surface area contributed by atoms with E-state index in [1.165, 1.54) is 19.3 Å². The van der Waals surface area contributed by atoms with E-state index in [1.54, 1.807) is 13.0 Å². The average Bonchev–Trinajstić information content (AvgIpc) is 2.34. The molecule has 0 aliphatic carbocycles. The Bertz CT molecular complexity index is 459. The van der Waals surface area contributed by atoms with Gasteiger partial charge in [0.2, 0.25) is 0 Å². The van der Waals surface area contributed by atoms with E-state index in [0.717, 1.165) is 23.2 Å². The van der Waals surface area contributed by atoms with E-state index in [0.29, 0.717) is 5.56 Å². The van der Waals surface area contributed by atoms with E-state index in [-0.39, 0.29) is 10.6 Å². The number of benzene rings is 1. The van der Waals surface area contributed by atoms with E-state index >= 15 is 0 Å². The number of rotatable bonds is 3. The molecule has 98 valence electrons. The van der Waals surface area contributed by atoms with Crippen molar-refractivity contribution in [1.82, 2.24) is 5.01 Å². The lowest BCUT2D eigenvalue weighted by Crippen LogP contribution is -2.34. The summed E-state index contributed by atoms with van der Waals surface area (Å²) in [5, 5.41) is 13.0. The summed E-state index contributed by atoms with van der Waals surface area (Å²) in [6, 6.07) is 3.37. The van der Waals surface area contributed by atoms with Crippen molar-refractivity contribution in [2.24, 2.45) is 0 Å². The van der Waals surface area contributed by atoms with Crippen LogP contribution in [0.1, 0.15) is 24.8 Å². The lowest BCUT2D eigenvalue weighted by atomic mass is 10.1. The Kier molecular flexibility index (Phi) is 4.19. The first-order chi connectivity index (χ1) is 8.58. The fourth-order valence-electron chi connectivity index (χ4n) is 2.13. The number of hydrogen-bond donors (Lipinski definition) is 1. The maximum Gasteiger partial charge on any atom is 0.273 e. The molecule has 1 aliphatic heterocycles. The monoisotopic (exact) mass is 313 g/mol. The van der Waals surface area contributed by atoms with Crippen LogP contribution in [0, 0.1) is 17.0 Å². The van der Waals surface area contributed by atoms with Crippen LogP contribution < -0.4 is 5.43 Å². The summed E-state index contributed by atoms with van der Waals surface area (Å²) in [6.45, 7) is 3.79. The van der Waals surface area contributed by atoms with Gasteiger partial charge in [-0.15, -0.1) is 0 Å². The van der Waals surface area contributed by atoms with Crippen molar-refractivity contribution in [1.29, 1.82) is 0 Å². The Morgan fingerprint density at radius 1 is 1.33 bits per heavy atom. The molecule has 1 saturated heterocycles. The Morgan fingerprint density at radius 3 is 2.61 bits per heavy atom. The highest BCUT2D eigenvalue weighted by molar-refractivity contribution is 9.10. The zero-order valence-electron chi connectivity index (χ0n) is 10.3. The van der Waals surface area contributed by atoms with Gasteiger partial charge in [0.15, 0.2) is 0 Å². The molecule has 1 heterocycles. The third-order valence-corrected chi connectivity index (χ3v) is 3.77. The number of hydrazine groups is 1. The van der Waals surface area contributed by atoms with Crippen LogP contribution in [0.5, 0.6) is 0 Å². The standard InChI is InChI=1S/C12H16BrN3O2/c1-9-7-11(10(13)8-12(9)16(17)18)14-15-5-3-2-4-6-15/h7-8,14H,2-6H2,1H3. The summed E-state index contributed by atoms with van der Waals surface area (Å²) in [5.41, 5.74) is 5.02. The molecule has 6 heteroatoms. The van der Waals surface area contributed by atoms with Crippen LogP contribution in [-0.2, 0) is 0 Å². The lowest BCUT2D eigenvalue weighted by molar-refractivity contribution is -0.385. The van der Waals surface area contributed by atoms with Crippen molar-refractivity contribution >= 4 is 27.3 Å². The third kappa shape index (κ3) is 3.00. The number of halogens is 1. The number of anilines is 1. The molecule has 1 aromatic rings. The summed E-state index contributed by atoms with van der Waals surface area (Å²) >= 11 is 3.38. The second-order valence-corrected chi connectivity index (χ2v) is 5.39. The molecule has 18 heavy (non-hydrogen) atoms. The first-order valence-electron chi connectivity index (χ1n) is 6.04. The van der Waals surface area contributed by atoms with Crippen molar-refractivity contribution in [2.75, 3.05) is 18.5 Å². The summed E-state index contributed by atoms with van der Waals surface area (Å²) in [7, 11) is 0. The minimum Gasteiger partial charge on any atom is -0.318 e. The van der Waals surface area contributed by atoms with Crippen molar-refractivity contribution in [2.45, 2.75) is 26.2 Å². The highest BCUT2D eigenvalue weighted by Crippen LogP contribution is 2.31. The molecule has 1 aromatic carbocycles. The molecule has 0 saturated carbocycles. The van der Waals surface area contributed by atoms with Crippen LogP contribution in [0.25, 0.3) is 0 Å². The maximum absolute atomic E-state index is 10.8. The Hall–Kier alpha value is -1.14. The summed E-state index contributed by atoms with van der Waals surface area (Å²) < 4.78 is 0.727. The van der Waals surface area contributed by atoms with Gasteiger partial charge in [-0.25, -0.2) is 5.01 Å². The Labute approximate surface area is 114 Å². The van der Waals surface area contributed by atoms with E-state index in [4.69, 9.17) is 0 Å². The molecule has 1 N–H and O–H groups in total. The third-order valence-electron chi connectivity index (χ3n) is 3.12. The summed E-state index contributed by atoms with van der Waals surface area (Å²) in [6.07, 6.45) is 3.66. The normalized spacial score (nSPS) is 16.6. The molecular weight excluding hydrogens is 298 g/mol. The second-order valence-electron chi connectivity index (χ2n) is 4.54. The van der Waals surface area contributed by atoms with Gasteiger partial charge in [0, 0.05) is 29.2 Å². The Morgan fingerprint density at radius 2 is 2.00 bits per heavy atom. The van der Waals surface area contributed by atoms with Crippen molar-refractivity contribution in [3.8, 4) is 0 Å². The number of nitro benzene ring substituents is 1. The smallest absolute Gasteiger partial charge is 0.273 e. The minimum atomic E-state index is -0.356. The molecule has 1 fully saturated rings. The van der Waals surface area contributed by atoms with Gasteiger partial charge in [-0.3, -0.25) is 10.1 Å². The zero-order valence-corrected chi connectivity index (χ0v) is 11.9. The first-order valence-corrected chi connectivity index (χ1v) is 6.83. The van der Waals surface area contributed by atoms with Gasteiger partial charge >= 0.3 is 0 Å². The van der Waals surface area contributed by atoms with Crippen LogP contribution in [0.4, 0.5) is 11.4 Å². The van der Waals surface area contributed by atoms with Crippen LogP contribution in [0.3, 0.4) is 0 Å². The van der Waals surface area contributed by atoms with Gasteiger partial charge < -0.3 is 5.43 Å². The van der Waals surface area contributed by atoms with Crippen molar-refractivity contribution < 1.29 is 4.92 Å². The van der Waals surface area contributed by atoms with Crippen LogP contribution >= 0.6 is 15.9 Å². The lowest BCUT2D eigenvalue weighted by Gasteiger charge is -2.28. The van der Waals surface area contributed by atoms with Gasteiger partial charge in [-0.2, -0.15) is 0 Å². The first kappa shape index (κ1) is 13.3. The maximum atomic E-state index is 10.8. The largest absolute Gasteiger partial charge is 0.318 e. The van der Waals surface area contributed by atoms with Gasteiger partial charge in [-0.1, -0.05) is 6.42 Å². The van der Waals surface area contributed by atoms with Crippen LogP contribution in [-0.4, -0.2) is 23.0 Å².